The van der Waals surface area contributed by atoms with E-state index in [2.05, 4.69) is 6.07 Å². The summed E-state index contributed by atoms with van der Waals surface area (Å²) in [5.41, 5.74) is 7.33. The molecular formula is C11H15N3. The topological polar surface area (TPSA) is 53.0 Å². The lowest BCUT2D eigenvalue weighted by Gasteiger charge is -2.22. The largest absolute Gasteiger partial charge is 0.372 e. The number of likely N-dealkylation sites (N-methyl/N-ethyl adjacent to an activating group) is 1. The smallest absolute Gasteiger partial charge is 0.101 e. The van der Waals surface area contributed by atoms with Crippen LogP contribution < -0.4 is 10.6 Å². The molecule has 3 heteroatoms. The quantitative estimate of drug-likeness (QED) is 0.780. The third-order valence-electron chi connectivity index (χ3n) is 2.00. The zero-order chi connectivity index (χ0) is 10.6. The van der Waals surface area contributed by atoms with Crippen molar-refractivity contribution in [3.8, 4) is 6.07 Å². The molecule has 0 aliphatic heterocycles. The third-order valence-corrected chi connectivity index (χ3v) is 2.00. The summed E-state index contributed by atoms with van der Waals surface area (Å²) in [5, 5.41) is 8.89. The monoisotopic (exact) mass is 189 g/mol. The number of nitrogens with two attached hydrogens (primary N) is 1. The molecule has 1 aromatic rings. The van der Waals surface area contributed by atoms with Crippen molar-refractivity contribution in [2.24, 2.45) is 5.73 Å². The minimum Gasteiger partial charge on any atom is -0.372 e. The molecular weight excluding hydrogens is 174 g/mol. The van der Waals surface area contributed by atoms with Crippen LogP contribution in [0.1, 0.15) is 12.5 Å². The molecule has 74 valence electrons. The molecule has 0 bridgehead atoms. The van der Waals surface area contributed by atoms with E-state index in [0.717, 1.165) is 12.2 Å². The average Bonchev–Trinajstić information content (AvgIpc) is 2.16. The van der Waals surface area contributed by atoms with Crippen LogP contribution in [0.15, 0.2) is 24.3 Å². The van der Waals surface area contributed by atoms with Gasteiger partial charge in [-0.2, -0.15) is 5.26 Å². The number of rotatable bonds is 3. The zero-order valence-corrected chi connectivity index (χ0v) is 8.57. The third kappa shape index (κ3) is 2.48. The number of nitriles is 1. The first-order valence-electron chi connectivity index (χ1n) is 4.61. The first-order chi connectivity index (χ1) is 6.65. The Morgan fingerprint density at radius 2 is 2.14 bits per heavy atom. The van der Waals surface area contributed by atoms with Crippen molar-refractivity contribution in [3.63, 3.8) is 0 Å². The van der Waals surface area contributed by atoms with Gasteiger partial charge in [0.2, 0.25) is 0 Å². The van der Waals surface area contributed by atoms with Crippen LogP contribution in [0.2, 0.25) is 0 Å². The Labute approximate surface area is 84.7 Å². The number of para-hydroxylation sites is 1. The lowest BCUT2D eigenvalue weighted by Crippen LogP contribution is -2.33. The van der Waals surface area contributed by atoms with E-state index in [9.17, 15) is 0 Å². The summed E-state index contributed by atoms with van der Waals surface area (Å²) in [4.78, 5) is 2.00. The Morgan fingerprint density at radius 3 is 2.71 bits per heavy atom. The number of benzene rings is 1. The molecule has 1 rings (SSSR count). The number of nitrogens with zero attached hydrogens (tertiary/aromatic N) is 2. The average molecular weight is 189 g/mol. The number of hydrogen-bond acceptors (Lipinski definition) is 3. The molecule has 1 unspecified atom stereocenters. The maximum atomic E-state index is 8.89. The molecule has 0 fully saturated rings. The molecule has 1 aromatic carbocycles. The SMILES string of the molecule is CC(N)CN(C)c1ccccc1C#N. The van der Waals surface area contributed by atoms with Gasteiger partial charge < -0.3 is 10.6 Å². The summed E-state index contributed by atoms with van der Waals surface area (Å²) in [7, 11) is 1.94. The van der Waals surface area contributed by atoms with Crippen molar-refractivity contribution in [1.29, 1.82) is 5.26 Å². The minimum atomic E-state index is 0.103. The molecule has 0 aliphatic rings. The molecule has 0 aliphatic carbocycles. The van der Waals surface area contributed by atoms with Gasteiger partial charge >= 0.3 is 0 Å². The summed E-state index contributed by atoms with van der Waals surface area (Å²) in [5.74, 6) is 0. The van der Waals surface area contributed by atoms with E-state index >= 15 is 0 Å². The molecule has 1 atom stereocenters. The van der Waals surface area contributed by atoms with Crippen molar-refractivity contribution < 1.29 is 0 Å². The second-order valence-corrected chi connectivity index (χ2v) is 3.49. The number of anilines is 1. The molecule has 3 nitrogen and oxygen atoms in total. The predicted molar refractivity (Wildman–Crippen MR) is 58.1 cm³/mol. The van der Waals surface area contributed by atoms with E-state index < -0.39 is 0 Å². The van der Waals surface area contributed by atoms with E-state index in [1.54, 1.807) is 0 Å². The lowest BCUT2D eigenvalue weighted by molar-refractivity contribution is 0.717. The second kappa shape index (κ2) is 4.64. The Hall–Kier alpha value is -1.53. The van der Waals surface area contributed by atoms with Gasteiger partial charge in [-0.05, 0) is 19.1 Å². The fourth-order valence-corrected chi connectivity index (χ4v) is 1.43. The van der Waals surface area contributed by atoms with E-state index in [1.165, 1.54) is 0 Å². The summed E-state index contributed by atoms with van der Waals surface area (Å²) in [6, 6.07) is 9.80. The summed E-state index contributed by atoms with van der Waals surface area (Å²) >= 11 is 0. The van der Waals surface area contributed by atoms with Crippen LogP contribution >= 0.6 is 0 Å². The predicted octanol–water partition coefficient (Wildman–Crippen LogP) is 1.34. The van der Waals surface area contributed by atoms with Crippen LogP contribution in [0.5, 0.6) is 0 Å². The van der Waals surface area contributed by atoms with Crippen molar-refractivity contribution >= 4 is 5.69 Å². The lowest BCUT2D eigenvalue weighted by atomic mass is 10.1. The fraction of sp³-hybridized carbons (Fsp3) is 0.364. The molecule has 0 saturated heterocycles. The zero-order valence-electron chi connectivity index (χ0n) is 8.57. The highest BCUT2D eigenvalue weighted by molar-refractivity contribution is 5.58. The molecule has 0 heterocycles. The highest BCUT2D eigenvalue weighted by Crippen LogP contribution is 2.17. The van der Waals surface area contributed by atoms with E-state index in [4.69, 9.17) is 11.0 Å². The van der Waals surface area contributed by atoms with E-state index in [0.29, 0.717) is 5.56 Å². The Bertz CT molecular complexity index is 339. The van der Waals surface area contributed by atoms with Gasteiger partial charge in [-0.25, -0.2) is 0 Å². The molecule has 14 heavy (non-hydrogen) atoms. The second-order valence-electron chi connectivity index (χ2n) is 3.49. The standard InChI is InChI=1S/C11H15N3/c1-9(13)8-14(2)11-6-4-3-5-10(11)7-12/h3-6,9H,8,13H2,1-2H3. The molecule has 0 spiro atoms. The van der Waals surface area contributed by atoms with Gasteiger partial charge in [-0.15, -0.1) is 0 Å². The van der Waals surface area contributed by atoms with Crippen LogP contribution in [0, 0.1) is 11.3 Å². The molecule has 0 saturated carbocycles. The van der Waals surface area contributed by atoms with Crippen molar-refractivity contribution in [2.75, 3.05) is 18.5 Å². The van der Waals surface area contributed by atoms with E-state index in [-0.39, 0.29) is 6.04 Å². The van der Waals surface area contributed by atoms with Crippen LogP contribution in [-0.2, 0) is 0 Å². The summed E-state index contributed by atoms with van der Waals surface area (Å²) in [6.45, 7) is 2.70. The molecule has 0 amide bonds. The Morgan fingerprint density at radius 1 is 1.50 bits per heavy atom. The fourth-order valence-electron chi connectivity index (χ4n) is 1.43. The van der Waals surface area contributed by atoms with Gasteiger partial charge in [0.1, 0.15) is 6.07 Å². The van der Waals surface area contributed by atoms with Gasteiger partial charge in [0.05, 0.1) is 11.3 Å². The number of hydrogen-bond donors (Lipinski definition) is 1. The summed E-state index contributed by atoms with van der Waals surface area (Å²) in [6.07, 6.45) is 0. The first-order valence-corrected chi connectivity index (χ1v) is 4.61. The summed E-state index contributed by atoms with van der Waals surface area (Å²) < 4.78 is 0. The normalized spacial score (nSPS) is 11.9. The van der Waals surface area contributed by atoms with Crippen molar-refractivity contribution in [1.82, 2.24) is 0 Å². The van der Waals surface area contributed by atoms with Gasteiger partial charge in [-0.1, -0.05) is 12.1 Å². The van der Waals surface area contributed by atoms with Gasteiger partial charge in [0.25, 0.3) is 0 Å². The Kier molecular flexibility index (Phi) is 3.49. The Balaban J connectivity index is 2.89. The maximum Gasteiger partial charge on any atom is 0.101 e. The van der Waals surface area contributed by atoms with Crippen LogP contribution in [0.25, 0.3) is 0 Å². The maximum absolute atomic E-state index is 8.89. The molecule has 2 N–H and O–H groups in total. The molecule has 0 aromatic heterocycles. The first kappa shape index (κ1) is 10.6. The van der Waals surface area contributed by atoms with Gasteiger partial charge in [0, 0.05) is 19.6 Å². The minimum absolute atomic E-state index is 0.103. The molecule has 0 radical (unpaired) electrons. The van der Waals surface area contributed by atoms with Crippen LogP contribution in [0.4, 0.5) is 5.69 Å². The van der Waals surface area contributed by atoms with Crippen LogP contribution in [-0.4, -0.2) is 19.6 Å². The van der Waals surface area contributed by atoms with Gasteiger partial charge in [-0.3, -0.25) is 0 Å². The highest BCUT2D eigenvalue weighted by Gasteiger charge is 2.07. The van der Waals surface area contributed by atoms with Crippen molar-refractivity contribution in [2.45, 2.75) is 13.0 Å². The van der Waals surface area contributed by atoms with Crippen molar-refractivity contribution in [3.05, 3.63) is 29.8 Å². The van der Waals surface area contributed by atoms with Gasteiger partial charge in [0.15, 0.2) is 0 Å². The van der Waals surface area contributed by atoms with Crippen LogP contribution in [0.3, 0.4) is 0 Å². The highest BCUT2D eigenvalue weighted by atomic mass is 15.1. The van der Waals surface area contributed by atoms with E-state index in [1.807, 2.05) is 43.1 Å².